The molecule has 0 fully saturated rings. The first-order valence-corrected chi connectivity index (χ1v) is 15.2. The van der Waals surface area contributed by atoms with E-state index in [2.05, 4.69) is 144 Å². The Balaban J connectivity index is 1.35. The number of fused-ring (bicyclic) bond motifs is 9. The Morgan fingerprint density at radius 1 is 0.409 bits per heavy atom. The average Bonchev–Trinajstić information content (AvgIpc) is 3.48. The second kappa shape index (κ2) is 9.80. The van der Waals surface area contributed by atoms with Crippen molar-refractivity contribution in [1.82, 2.24) is 9.38 Å². The minimum atomic E-state index is 0.745. The minimum absolute atomic E-state index is 0.745. The van der Waals surface area contributed by atoms with Crippen LogP contribution in [0.4, 0.5) is 0 Å². The number of imidazole rings is 1. The fourth-order valence-electron chi connectivity index (χ4n) is 6.61. The van der Waals surface area contributed by atoms with Crippen LogP contribution >= 0.6 is 11.6 Å². The molecular formula is C41H25ClN2. The third-order valence-corrected chi connectivity index (χ3v) is 9.03. The largest absolute Gasteiger partial charge is 0.292 e. The van der Waals surface area contributed by atoms with Gasteiger partial charge in [-0.1, -0.05) is 115 Å². The molecule has 0 N–H and O–H groups in total. The highest BCUT2D eigenvalue weighted by atomic mass is 35.5. The molecule has 44 heavy (non-hydrogen) atoms. The molecule has 7 aromatic carbocycles. The van der Waals surface area contributed by atoms with Crippen molar-refractivity contribution in [1.29, 1.82) is 0 Å². The van der Waals surface area contributed by atoms with Gasteiger partial charge in [-0.05, 0) is 98.1 Å². The molecule has 2 heterocycles. The van der Waals surface area contributed by atoms with Gasteiger partial charge in [-0.15, -0.1) is 0 Å². The van der Waals surface area contributed by atoms with E-state index in [-0.39, 0.29) is 0 Å². The summed E-state index contributed by atoms with van der Waals surface area (Å²) in [5.74, 6) is 0. The lowest BCUT2D eigenvalue weighted by molar-refractivity contribution is 1.31. The minimum Gasteiger partial charge on any atom is -0.292 e. The Morgan fingerprint density at radius 3 is 1.77 bits per heavy atom. The lowest BCUT2D eigenvalue weighted by Crippen LogP contribution is -1.93. The molecule has 0 atom stereocenters. The van der Waals surface area contributed by atoms with Crippen LogP contribution in [0.5, 0.6) is 0 Å². The molecule has 0 aliphatic carbocycles. The Morgan fingerprint density at radius 2 is 1.00 bits per heavy atom. The number of halogens is 1. The number of pyridine rings is 1. The van der Waals surface area contributed by atoms with Crippen molar-refractivity contribution in [2.45, 2.75) is 0 Å². The fraction of sp³-hybridized carbons (Fsp3) is 0. The summed E-state index contributed by atoms with van der Waals surface area (Å²) in [5, 5.41) is 6.58. The number of benzene rings is 7. The molecule has 0 radical (unpaired) electrons. The van der Waals surface area contributed by atoms with Gasteiger partial charge in [0, 0.05) is 15.8 Å². The summed E-state index contributed by atoms with van der Waals surface area (Å²) in [6.45, 7) is 0. The Kier molecular flexibility index (Phi) is 5.59. The summed E-state index contributed by atoms with van der Waals surface area (Å²) in [6, 6.07) is 54.0. The molecule has 0 amide bonds. The van der Waals surface area contributed by atoms with E-state index < -0.39 is 0 Å². The molecule has 0 unspecified atom stereocenters. The van der Waals surface area contributed by atoms with Crippen LogP contribution in [0.25, 0.3) is 82.5 Å². The molecule has 0 saturated heterocycles. The zero-order valence-corrected chi connectivity index (χ0v) is 24.5. The zero-order chi connectivity index (χ0) is 29.2. The lowest BCUT2D eigenvalue weighted by Gasteiger charge is -2.13. The molecule has 3 heteroatoms. The standard InChI is InChI=1S/C41H25ClN2/c42-34-17-13-28-11-12-29(21-33(28)22-34)31-14-18-35-36-23-30(26-7-3-1-4-8-26)15-19-39(36)44-40-20-16-32(27-9-5-2-6-10-27)25-38(40)43-41(44)37(35)24-31/h1-25H. The number of hydrogen-bond acceptors (Lipinski definition) is 1. The number of rotatable bonds is 3. The van der Waals surface area contributed by atoms with Gasteiger partial charge in [0.15, 0.2) is 0 Å². The van der Waals surface area contributed by atoms with Crippen molar-refractivity contribution in [2.75, 3.05) is 0 Å². The van der Waals surface area contributed by atoms with E-state index in [1.54, 1.807) is 0 Å². The van der Waals surface area contributed by atoms with Crippen molar-refractivity contribution in [3.63, 3.8) is 0 Å². The predicted octanol–water partition coefficient (Wildman–Crippen LogP) is 11.6. The normalized spacial score (nSPS) is 11.8. The van der Waals surface area contributed by atoms with E-state index in [1.165, 1.54) is 32.8 Å². The van der Waals surface area contributed by atoms with Gasteiger partial charge in [-0.2, -0.15) is 0 Å². The van der Waals surface area contributed by atoms with Crippen LogP contribution in [-0.2, 0) is 0 Å². The van der Waals surface area contributed by atoms with Crippen molar-refractivity contribution in [3.05, 3.63) is 157 Å². The van der Waals surface area contributed by atoms with Crippen LogP contribution in [0.3, 0.4) is 0 Å². The maximum atomic E-state index is 6.35. The monoisotopic (exact) mass is 580 g/mol. The first-order chi connectivity index (χ1) is 21.7. The SMILES string of the molecule is Clc1ccc2ccc(-c3ccc4c5cc(-c6ccccc6)ccc5n5c6ccc(-c7ccccc7)cc6nc5c4c3)cc2c1. The van der Waals surface area contributed by atoms with Gasteiger partial charge in [-0.25, -0.2) is 4.98 Å². The van der Waals surface area contributed by atoms with Gasteiger partial charge in [0.2, 0.25) is 0 Å². The van der Waals surface area contributed by atoms with Gasteiger partial charge in [-0.3, -0.25) is 4.40 Å². The van der Waals surface area contributed by atoms with Crippen molar-refractivity contribution in [2.24, 2.45) is 0 Å². The van der Waals surface area contributed by atoms with Crippen LogP contribution in [0, 0.1) is 0 Å². The van der Waals surface area contributed by atoms with E-state index in [4.69, 9.17) is 16.6 Å². The smallest absolute Gasteiger partial charge is 0.146 e. The van der Waals surface area contributed by atoms with Crippen molar-refractivity contribution >= 4 is 60.7 Å². The third-order valence-electron chi connectivity index (χ3n) is 8.79. The molecule has 9 rings (SSSR count). The molecule has 9 aromatic rings. The number of aromatic nitrogens is 2. The number of nitrogens with zero attached hydrogens (tertiary/aromatic N) is 2. The molecule has 2 nitrogen and oxygen atoms in total. The van der Waals surface area contributed by atoms with Crippen LogP contribution in [0.1, 0.15) is 0 Å². The Labute approximate surface area is 259 Å². The van der Waals surface area contributed by atoms with Gasteiger partial charge in [0.25, 0.3) is 0 Å². The van der Waals surface area contributed by atoms with Crippen LogP contribution < -0.4 is 0 Å². The second-order valence-corrected chi connectivity index (χ2v) is 11.8. The molecule has 206 valence electrons. The Hall–Kier alpha value is -5.44. The van der Waals surface area contributed by atoms with Crippen molar-refractivity contribution < 1.29 is 0 Å². The summed E-state index contributed by atoms with van der Waals surface area (Å²) in [4.78, 5) is 5.30. The summed E-state index contributed by atoms with van der Waals surface area (Å²) in [6.07, 6.45) is 0. The fourth-order valence-corrected chi connectivity index (χ4v) is 6.79. The number of hydrogen-bond donors (Lipinski definition) is 0. The average molecular weight is 581 g/mol. The summed E-state index contributed by atoms with van der Waals surface area (Å²) < 4.78 is 2.33. The topological polar surface area (TPSA) is 17.3 Å². The summed E-state index contributed by atoms with van der Waals surface area (Å²) in [7, 11) is 0. The first kappa shape index (κ1) is 25.1. The second-order valence-electron chi connectivity index (χ2n) is 11.4. The predicted molar refractivity (Wildman–Crippen MR) is 187 cm³/mol. The Bertz CT molecular complexity index is 2550. The van der Waals surface area contributed by atoms with E-state index in [0.717, 1.165) is 54.7 Å². The van der Waals surface area contributed by atoms with Crippen LogP contribution in [0.2, 0.25) is 5.02 Å². The molecule has 0 saturated carbocycles. The van der Waals surface area contributed by atoms with Crippen LogP contribution in [0.15, 0.2) is 152 Å². The van der Waals surface area contributed by atoms with Gasteiger partial charge in [0.05, 0.1) is 16.6 Å². The molecule has 2 aromatic heterocycles. The maximum absolute atomic E-state index is 6.35. The van der Waals surface area contributed by atoms with Gasteiger partial charge >= 0.3 is 0 Å². The molecule has 0 spiro atoms. The van der Waals surface area contributed by atoms with E-state index in [9.17, 15) is 0 Å². The van der Waals surface area contributed by atoms with E-state index in [1.807, 2.05) is 12.1 Å². The van der Waals surface area contributed by atoms with E-state index in [0.29, 0.717) is 0 Å². The highest BCUT2D eigenvalue weighted by molar-refractivity contribution is 6.31. The molecule has 0 aliphatic heterocycles. The maximum Gasteiger partial charge on any atom is 0.146 e. The first-order valence-electron chi connectivity index (χ1n) is 14.8. The van der Waals surface area contributed by atoms with Gasteiger partial charge < -0.3 is 0 Å². The third kappa shape index (κ3) is 4.00. The van der Waals surface area contributed by atoms with Gasteiger partial charge in [0.1, 0.15) is 5.65 Å². The molecule has 0 aliphatic rings. The van der Waals surface area contributed by atoms with Crippen molar-refractivity contribution in [3.8, 4) is 33.4 Å². The summed E-state index contributed by atoms with van der Waals surface area (Å²) >= 11 is 6.35. The highest BCUT2D eigenvalue weighted by Gasteiger charge is 2.16. The molecular weight excluding hydrogens is 556 g/mol. The lowest BCUT2D eigenvalue weighted by atomic mass is 9.96. The summed E-state index contributed by atoms with van der Waals surface area (Å²) in [5.41, 5.74) is 11.3. The van der Waals surface area contributed by atoms with Crippen LogP contribution in [-0.4, -0.2) is 9.38 Å². The zero-order valence-electron chi connectivity index (χ0n) is 23.7. The highest BCUT2D eigenvalue weighted by Crippen LogP contribution is 2.38. The quantitative estimate of drug-likeness (QED) is 0.190. The van der Waals surface area contributed by atoms with E-state index >= 15 is 0 Å². The molecule has 0 bridgehead atoms.